The van der Waals surface area contributed by atoms with Crippen LogP contribution >= 0.6 is 0 Å². The fourth-order valence-corrected chi connectivity index (χ4v) is 6.50. The summed E-state index contributed by atoms with van der Waals surface area (Å²) >= 11 is 0. The Kier molecular flexibility index (Phi) is 13.0. The zero-order valence-corrected chi connectivity index (χ0v) is 28.2. The number of nitrogens with one attached hydrogen (secondary N) is 2. The molecule has 1 saturated heterocycles. The number of aromatic nitrogens is 2. The van der Waals surface area contributed by atoms with E-state index in [2.05, 4.69) is 22.6 Å². The lowest BCUT2D eigenvalue weighted by molar-refractivity contribution is 0.233. The number of piperidine rings is 1. The molecule has 6 rings (SSSR count). The first-order chi connectivity index (χ1) is 23.4. The molecule has 0 amide bonds. The highest BCUT2D eigenvalue weighted by Crippen LogP contribution is 2.19. The van der Waals surface area contributed by atoms with Crippen molar-refractivity contribution >= 4 is 0 Å². The molecule has 48 heavy (non-hydrogen) atoms. The molecule has 0 atom stereocenters. The number of aromatic hydroxyl groups is 2. The predicted molar refractivity (Wildman–Crippen MR) is 192 cm³/mol. The van der Waals surface area contributed by atoms with Gasteiger partial charge in [0, 0.05) is 48.7 Å². The van der Waals surface area contributed by atoms with E-state index >= 15 is 0 Å². The van der Waals surface area contributed by atoms with Crippen LogP contribution in [0, 0.1) is 0 Å². The SMILES string of the molecule is CN1CCC(NCc2ccn(Cc3ccccc3)c(=O)c2O)CC1.O=c1c(O)c(CNC2CCCCCC2)ccn1Cc1ccccc1. The van der Waals surface area contributed by atoms with E-state index in [0.717, 1.165) is 37.1 Å². The Morgan fingerprint density at radius 3 is 1.46 bits per heavy atom. The molecule has 0 radical (unpaired) electrons. The summed E-state index contributed by atoms with van der Waals surface area (Å²) in [6.07, 6.45) is 13.3. The van der Waals surface area contributed by atoms with Gasteiger partial charge in [-0.2, -0.15) is 0 Å². The van der Waals surface area contributed by atoms with E-state index < -0.39 is 0 Å². The van der Waals surface area contributed by atoms with Gasteiger partial charge in [0.05, 0.1) is 13.1 Å². The van der Waals surface area contributed by atoms with Gasteiger partial charge in [0.25, 0.3) is 11.1 Å². The molecule has 256 valence electrons. The minimum absolute atomic E-state index is 0.130. The highest BCUT2D eigenvalue weighted by atomic mass is 16.3. The molecular weight excluding hydrogens is 602 g/mol. The quantitative estimate of drug-likeness (QED) is 0.174. The van der Waals surface area contributed by atoms with Gasteiger partial charge in [-0.15, -0.1) is 0 Å². The predicted octanol–water partition coefficient (Wildman–Crippen LogP) is 5.20. The van der Waals surface area contributed by atoms with E-state index in [1.165, 1.54) is 38.5 Å². The highest BCUT2D eigenvalue weighted by molar-refractivity contribution is 5.31. The molecule has 2 aromatic heterocycles. The molecule has 9 nitrogen and oxygen atoms in total. The topological polar surface area (TPSA) is 112 Å². The number of likely N-dealkylation sites (tertiary alicyclic amines) is 1. The average molecular weight is 654 g/mol. The van der Waals surface area contributed by atoms with Crippen molar-refractivity contribution in [3.63, 3.8) is 0 Å². The van der Waals surface area contributed by atoms with Crippen molar-refractivity contribution in [2.75, 3.05) is 20.1 Å². The fraction of sp³-hybridized carbons (Fsp3) is 0.436. The van der Waals surface area contributed by atoms with Gasteiger partial charge < -0.3 is 34.9 Å². The van der Waals surface area contributed by atoms with E-state index in [4.69, 9.17) is 0 Å². The molecule has 0 spiro atoms. The summed E-state index contributed by atoms with van der Waals surface area (Å²) in [5.41, 5.74) is 2.79. The lowest BCUT2D eigenvalue weighted by Gasteiger charge is -2.29. The molecule has 0 unspecified atom stereocenters. The lowest BCUT2D eigenvalue weighted by atomic mass is 10.1. The van der Waals surface area contributed by atoms with Gasteiger partial charge in [-0.1, -0.05) is 86.3 Å². The van der Waals surface area contributed by atoms with Crippen molar-refractivity contribution in [3.05, 3.63) is 128 Å². The molecule has 2 aromatic carbocycles. The van der Waals surface area contributed by atoms with Crippen molar-refractivity contribution in [2.24, 2.45) is 0 Å². The van der Waals surface area contributed by atoms with Crippen molar-refractivity contribution in [1.82, 2.24) is 24.7 Å². The molecule has 4 aromatic rings. The smallest absolute Gasteiger partial charge is 0.293 e. The maximum atomic E-state index is 12.4. The Balaban J connectivity index is 0.000000188. The standard InChI is InChI=1S/C20H26N2O2.C19H25N3O2/c23-19-17(14-21-18-10-6-1-2-7-11-18)12-13-22(20(19)24)15-16-8-4-3-5-9-16;1-21-10-8-17(9-11-21)20-13-16-7-12-22(19(24)18(16)23)14-15-5-3-2-4-6-15/h3-5,8-9,12-13,18,21,23H,1-2,6-7,10-11,14-15H2;2-7,12,17,20,23H,8-11,13-14H2,1H3. The van der Waals surface area contributed by atoms with Gasteiger partial charge in [-0.05, 0) is 69.1 Å². The van der Waals surface area contributed by atoms with Crippen LogP contribution in [-0.2, 0) is 26.2 Å². The first-order valence-corrected chi connectivity index (χ1v) is 17.4. The Morgan fingerprint density at radius 2 is 1.02 bits per heavy atom. The first-order valence-electron chi connectivity index (χ1n) is 17.4. The monoisotopic (exact) mass is 653 g/mol. The number of benzene rings is 2. The van der Waals surface area contributed by atoms with Gasteiger partial charge in [0.15, 0.2) is 11.5 Å². The number of hydrogen-bond donors (Lipinski definition) is 4. The van der Waals surface area contributed by atoms with E-state index in [0.29, 0.717) is 49.4 Å². The van der Waals surface area contributed by atoms with Crippen LogP contribution in [0.25, 0.3) is 0 Å². The maximum Gasteiger partial charge on any atom is 0.293 e. The Hall–Kier alpha value is -4.18. The number of rotatable bonds is 10. The summed E-state index contributed by atoms with van der Waals surface area (Å²) in [4.78, 5) is 27.1. The average Bonchev–Trinajstić information content (AvgIpc) is 3.39. The molecule has 1 aliphatic heterocycles. The van der Waals surface area contributed by atoms with Crippen molar-refractivity contribution in [2.45, 2.75) is 89.6 Å². The van der Waals surface area contributed by atoms with Crippen LogP contribution in [0.15, 0.2) is 94.8 Å². The minimum atomic E-state index is -0.332. The van der Waals surface area contributed by atoms with Crippen LogP contribution in [0.2, 0.25) is 0 Å². The zero-order valence-electron chi connectivity index (χ0n) is 28.2. The highest BCUT2D eigenvalue weighted by Gasteiger charge is 2.18. The fourth-order valence-electron chi connectivity index (χ4n) is 6.50. The van der Waals surface area contributed by atoms with Gasteiger partial charge in [-0.3, -0.25) is 9.59 Å². The second kappa shape index (κ2) is 17.8. The van der Waals surface area contributed by atoms with E-state index in [1.807, 2.05) is 72.8 Å². The summed E-state index contributed by atoms with van der Waals surface area (Å²) in [7, 11) is 2.13. The third-order valence-corrected chi connectivity index (χ3v) is 9.57. The third kappa shape index (κ3) is 10.2. The van der Waals surface area contributed by atoms with Gasteiger partial charge in [0.1, 0.15) is 0 Å². The van der Waals surface area contributed by atoms with Crippen LogP contribution in [0.4, 0.5) is 0 Å². The van der Waals surface area contributed by atoms with Crippen LogP contribution < -0.4 is 21.8 Å². The Bertz CT molecular complexity index is 1670. The first kappa shape index (κ1) is 35.1. The summed E-state index contributed by atoms with van der Waals surface area (Å²) < 4.78 is 3.10. The second-order valence-corrected chi connectivity index (χ2v) is 13.2. The summed E-state index contributed by atoms with van der Waals surface area (Å²) in [5.74, 6) is -0.275. The molecule has 9 heteroatoms. The number of pyridine rings is 2. The summed E-state index contributed by atoms with van der Waals surface area (Å²) in [6.45, 7) is 4.20. The number of nitrogens with zero attached hydrogens (tertiary/aromatic N) is 3. The van der Waals surface area contributed by atoms with Crippen molar-refractivity contribution in [1.29, 1.82) is 0 Å². The Morgan fingerprint density at radius 1 is 0.604 bits per heavy atom. The normalized spacial score (nSPS) is 16.2. The number of hydrogen-bond acceptors (Lipinski definition) is 7. The van der Waals surface area contributed by atoms with Crippen LogP contribution in [0.3, 0.4) is 0 Å². The van der Waals surface area contributed by atoms with Crippen LogP contribution in [-0.4, -0.2) is 56.5 Å². The molecule has 2 fully saturated rings. The second-order valence-electron chi connectivity index (χ2n) is 13.2. The van der Waals surface area contributed by atoms with Crippen LogP contribution in [0.5, 0.6) is 11.5 Å². The molecular formula is C39H51N5O4. The summed E-state index contributed by atoms with van der Waals surface area (Å²) in [6, 6.07) is 24.2. The lowest BCUT2D eigenvalue weighted by Crippen LogP contribution is -2.40. The van der Waals surface area contributed by atoms with Gasteiger partial charge in [0.2, 0.25) is 0 Å². The molecule has 4 N–H and O–H groups in total. The maximum absolute atomic E-state index is 12.4. The largest absolute Gasteiger partial charge is 0.503 e. The van der Waals surface area contributed by atoms with Crippen molar-refractivity contribution in [3.8, 4) is 11.5 Å². The minimum Gasteiger partial charge on any atom is -0.503 e. The van der Waals surface area contributed by atoms with Crippen LogP contribution in [0.1, 0.15) is 73.6 Å². The van der Waals surface area contributed by atoms with E-state index in [1.54, 1.807) is 21.5 Å². The van der Waals surface area contributed by atoms with Crippen molar-refractivity contribution < 1.29 is 10.2 Å². The third-order valence-electron chi connectivity index (χ3n) is 9.57. The Labute approximate surface area is 283 Å². The van der Waals surface area contributed by atoms with Gasteiger partial charge in [-0.25, -0.2) is 0 Å². The van der Waals surface area contributed by atoms with E-state index in [9.17, 15) is 19.8 Å². The zero-order chi connectivity index (χ0) is 33.7. The summed E-state index contributed by atoms with van der Waals surface area (Å²) in [5, 5.41) is 27.5. The van der Waals surface area contributed by atoms with E-state index in [-0.39, 0.29) is 22.6 Å². The molecule has 1 saturated carbocycles. The van der Waals surface area contributed by atoms with Gasteiger partial charge >= 0.3 is 0 Å². The molecule has 0 bridgehead atoms. The molecule has 1 aliphatic carbocycles. The molecule has 3 heterocycles. The molecule has 2 aliphatic rings.